The first kappa shape index (κ1) is 13.4. The third-order valence-electron chi connectivity index (χ3n) is 2.75. The lowest BCUT2D eigenvalue weighted by Gasteiger charge is -2.12. The maximum atomic E-state index is 9.35. The second kappa shape index (κ2) is 6.20. The number of hydrogen-bond acceptors (Lipinski definition) is 2. The smallest absolute Gasteiger partial charge is 0.171 e. The molecule has 2 aromatic carbocycles. The molecule has 0 aliphatic heterocycles. The molecule has 4 heteroatoms. The van der Waals surface area contributed by atoms with E-state index in [0.717, 1.165) is 11.3 Å². The molecule has 3 N–H and O–H groups in total. The van der Waals surface area contributed by atoms with Crippen LogP contribution in [0, 0.1) is 6.92 Å². The van der Waals surface area contributed by atoms with Crippen LogP contribution < -0.4 is 10.6 Å². The Hall–Kier alpha value is -2.07. The molecule has 0 unspecified atom stereocenters. The number of phenols is 1. The minimum Gasteiger partial charge on any atom is -0.508 e. The van der Waals surface area contributed by atoms with E-state index in [4.69, 9.17) is 12.2 Å². The van der Waals surface area contributed by atoms with Gasteiger partial charge in [0.25, 0.3) is 0 Å². The van der Waals surface area contributed by atoms with Crippen LogP contribution >= 0.6 is 12.2 Å². The van der Waals surface area contributed by atoms with Crippen molar-refractivity contribution >= 4 is 23.0 Å². The largest absolute Gasteiger partial charge is 0.508 e. The molecule has 2 rings (SSSR count). The monoisotopic (exact) mass is 272 g/mol. The van der Waals surface area contributed by atoms with Crippen LogP contribution in [-0.4, -0.2) is 10.2 Å². The highest BCUT2D eigenvalue weighted by molar-refractivity contribution is 7.80. The van der Waals surface area contributed by atoms with E-state index in [0.29, 0.717) is 11.7 Å². The van der Waals surface area contributed by atoms with Gasteiger partial charge in [0.05, 0.1) is 0 Å². The molecule has 3 nitrogen and oxygen atoms in total. The average Bonchev–Trinajstić information content (AvgIpc) is 2.41. The van der Waals surface area contributed by atoms with Crippen molar-refractivity contribution in [1.29, 1.82) is 0 Å². The van der Waals surface area contributed by atoms with Crippen LogP contribution in [0.15, 0.2) is 48.5 Å². The van der Waals surface area contributed by atoms with Gasteiger partial charge in [0, 0.05) is 12.2 Å². The fraction of sp³-hybridized carbons (Fsp3) is 0.133. The molecule has 0 bridgehead atoms. The Bertz CT molecular complexity index is 570. The van der Waals surface area contributed by atoms with E-state index in [-0.39, 0.29) is 5.75 Å². The first-order chi connectivity index (χ1) is 9.15. The van der Waals surface area contributed by atoms with Crippen LogP contribution in [0.2, 0.25) is 0 Å². The normalized spacial score (nSPS) is 9.95. The molecule has 2 aromatic rings. The lowest BCUT2D eigenvalue weighted by atomic mass is 10.2. The topological polar surface area (TPSA) is 44.3 Å². The van der Waals surface area contributed by atoms with E-state index in [1.165, 1.54) is 5.56 Å². The Morgan fingerprint density at radius 1 is 1.16 bits per heavy atom. The van der Waals surface area contributed by atoms with Crippen LogP contribution in [0.25, 0.3) is 0 Å². The molecule has 0 heterocycles. The van der Waals surface area contributed by atoms with Gasteiger partial charge in [-0.15, -0.1) is 0 Å². The summed E-state index contributed by atoms with van der Waals surface area (Å²) in [5.74, 6) is 0.256. The van der Waals surface area contributed by atoms with Gasteiger partial charge < -0.3 is 15.7 Å². The first-order valence-corrected chi connectivity index (χ1v) is 6.44. The van der Waals surface area contributed by atoms with Gasteiger partial charge in [0.15, 0.2) is 5.11 Å². The van der Waals surface area contributed by atoms with Crippen molar-refractivity contribution in [3.05, 3.63) is 59.7 Å². The van der Waals surface area contributed by atoms with E-state index in [9.17, 15) is 5.11 Å². The predicted molar refractivity (Wildman–Crippen MR) is 82.3 cm³/mol. The number of thiocarbonyl (C=S) groups is 1. The number of anilines is 1. The number of phenolic OH excluding ortho intramolecular Hbond substituents is 1. The van der Waals surface area contributed by atoms with Gasteiger partial charge in [-0.25, -0.2) is 0 Å². The molecule has 0 radical (unpaired) electrons. The quantitative estimate of drug-likeness (QED) is 0.593. The second-order valence-corrected chi connectivity index (χ2v) is 4.70. The van der Waals surface area contributed by atoms with Crippen LogP contribution in [0.4, 0.5) is 5.69 Å². The van der Waals surface area contributed by atoms with Crippen LogP contribution in [0.1, 0.15) is 11.1 Å². The summed E-state index contributed by atoms with van der Waals surface area (Å²) in [6.07, 6.45) is 0. The molecule has 98 valence electrons. The highest BCUT2D eigenvalue weighted by atomic mass is 32.1. The average molecular weight is 272 g/mol. The second-order valence-electron chi connectivity index (χ2n) is 4.29. The molecule has 0 amide bonds. The summed E-state index contributed by atoms with van der Waals surface area (Å²) < 4.78 is 0. The Labute approximate surface area is 118 Å². The van der Waals surface area contributed by atoms with Gasteiger partial charge in [-0.05, 0) is 48.5 Å². The maximum absolute atomic E-state index is 9.35. The Balaban J connectivity index is 1.91. The van der Waals surface area contributed by atoms with E-state index < -0.39 is 0 Å². The molecule has 0 aliphatic carbocycles. The van der Waals surface area contributed by atoms with Gasteiger partial charge in [-0.2, -0.15) is 0 Å². The minimum absolute atomic E-state index is 0.256. The lowest BCUT2D eigenvalue weighted by molar-refractivity contribution is 0.475. The summed E-state index contributed by atoms with van der Waals surface area (Å²) in [7, 11) is 0. The molecule has 0 fully saturated rings. The molecule has 0 saturated heterocycles. The highest BCUT2D eigenvalue weighted by Gasteiger charge is 2.02. The zero-order valence-corrected chi connectivity index (χ0v) is 11.5. The van der Waals surface area contributed by atoms with E-state index in [1.54, 1.807) is 18.2 Å². The number of rotatable bonds is 3. The summed E-state index contributed by atoms with van der Waals surface area (Å²) >= 11 is 5.24. The zero-order chi connectivity index (χ0) is 13.7. The first-order valence-electron chi connectivity index (χ1n) is 6.03. The standard InChI is InChI=1S/C15H16N2OS/c1-11-9-13(18)7-8-14(11)17-15(19)16-10-12-5-3-2-4-6-12/h2-9,18H,10H2,1H3,(H2,16,17,19). The van der Waals surface area contributed by atoms with Gasteiger partial charge in [-0.1, -0.05) is 30.3 Å². The van der Waals surface area contributed by atoms with Crippen LogP contribution in [-0.2, 0) is 6.54 Å². The number of benzene rings is 2. The fourth-order valence-electron chi connectivity index (χ4n) is 1.73. The SMILES string of the molecule is Cc1cc(O)ccc1NC(=S)NCc1ccccc1. The third kappa shape index (κ3) is 3.96. The molecule has 0 atom stereocenters. The van der Waals surface area contributed by atoms with Crippen molar-refractivity contribution in [3.63, 3.8) is 0 Å². The Kier molecular flexibility index (Phi) is 4.36. The van der Waals surface area contributed by atoms with Gasteiger partial charge in [0.1, 0.15) is 5.75 Å². The Morgan fingerprint density at radius 3 is 2.58 bits per heavy atom. The van der Waals surface area contributed by atoms with Gasteiger partial charge in [-0.3, -0.25) is 0 Å². The summed E-state index contributed by atoms with van der Waals surface area (Å²) in [6.45, 7) is 2.60. The van der Waals surface area contributed by atoms with Gasteiger partial charge in [0.2, 0.25) is 0 Å². The van der Waals surface area contributed by atoms with E-state index in [1.807, 2.05) is 37.3 Å². The van der Waals surface area contributed by atoms with Crippen molar-refractivity contribution in [2.45, 2.75) is 13.5 Å². The van der Waals surface area contributed by atoms with Crippen molar-refractivity contribution in [2.75, 3.05) is 5.32 Å². The van der Waals surface area contributed by atoms with Crippen molar-refractivity contribution in [2.24, 2.45) is 0 Å². The number of aromatic hydroxyl groups is 1. The third-order valence-corrected chi connectivity index (χ3v) is 3.00. The molecule has 19 heavy (non-hydrogen) atoms. The van der Waals surface area contributed by atoms with Crippen molar-refractivity contribution in [3.8, 4) is 5.75 Å². The number of aryl methyl sites for hydroxylation is 1. The number of nitrogens with one attached hydrogen (secondary N) is 2. The van der Waals surface area contributed by atoms with Crippen LogP contribution in [0.5, 0.6) is 5.75 Å². The summed E-state index contributed by atoms with van der Waals surface area (Å²) in [4.78, 5) is 0. The van der Waals surface area contributed by atoms with Crippen molar-refractivity contribution < 1.29 is 5.11 Å². The van der Waals surface area contributed by atoms with E-state index >= 15 is 0 Å². The van der Waals surface area contributed by atoms with Crippen molar-refractivity contribution in [1.82, 2.24) is 5.32 Å². The number of hydrogen-bond donors (Lipinski definition) is 3. The summed E-state index contributed by atoms with van der Waals surface area (Å²) in [5, 5.41) is 16.2. The zero-order valence-electron chi connectivity index (χ0n) is 10.7. The molecular formula is C15H16N2OS. The maximum Gasteiger partial charge on any atom is 0.171 e. The van der Waals surface area contributed by atoms with E-state index in [2.05, 4.69) is 10.6 Å². The van der Waals surface area contributed by atoms with Gasteiger partial charge >= 0.3 is 0 Å². The lowest BCUT2D eigenvalue weighted by Crippen LogP contribution is -2.28. The minimum atomic E-state index is 0.256. The molecule has 0 aliphatic rings. The fourth-order valence-corrected chi connectivity index (χ4v) is 1.91. The molecule has 0 saturated carbocycles. The molecular weight excluding hydrogens is 256 g/mol. The predicted octanol–water partition coefficient (Wildman–Crippen LogP) is 3.19. The molecule has 0 spiro atoms. The Morgan fingerprint density at radius 2 is 1.89 bits per heavy atom. The molecule has 0 aromatic heterocycles. The highest BCUT2D eigenvalue weighted by Crippen LogP contribution is 2.19. The summed E-state index contributed by atoms with van der Waals surface area (Å²) in [6, 6.07) is 15.2. The summed E-state index contributed by atoms with van der Waals surface area (Å²) in [5.41, 5.74) is 3.02. The van der Waals surface area contributed by atoms with Crippen LogP contribution in [0.3, 0.4) is 0 Å².